The van der Waals surface area contributed by atoms with Crippen LogP contribution < -0.4 is 4.83 Å². The Hall–Kier alpha value is -1.40. The largest absolute Gasteiger partial charge is 0.390 e. The third-order valence-corrected chi connectivity index (χ3v) is 3.09. The van der Waals surface area contributed by atoms with E-state index in [1.54, 1.807) is 24.3 Å². The van der Waals surface area contributed by atoms with E-state index in [-0.39, 0.29) is 18.1 Å². The van der Waals surface area contributed by atoms with Crippen LogP contribution in [0.15, 0.2) is 35.4 Å². The molecule has 0 spiro atoms. The van der Waals surface area contributed by atoms with E-state index in [4.69, 9.17) is 5.11 Å². The molecule has 0 amide bonds. The zero-order valence-electron chi connectivity index (χ0n) is 8.92. The Balaban J connectivity index is 2.88. The number of nitrogens with one attached hydrogen (secondary N) is 1. The van der Waals surface area contributed by atoms with Gasteiger partial charge in [-0.2, -0.15) is 5.10 Å². The van der Waals surface area contributed by atoms with Gasteiger partial charge >= 0.3 is 0 Å². The highest BCUT2D eigenvalue weighted by Crippen LogP contribution is 2.00. The monoisotopic (exact) mass is 242 g/mol. The number of rotatable bonds is 5. The van der Waals surface area contributed by atoms with Crippen LogP contribution in [0.25, 0.3) is 0 Å². The predicted octanol–water partition coefficient (Wildman–Crippen LogP) is 0.322. The quantitative estimate of drug-likeness (QED) is 0.576. The molecule has 1 aromatic carbocycles. The van der Waals surface area contributed by atoms with Gasteiger partial charge in [0.1, 0.15) is 0 Å². The SMILES string of the molecule is CCS(=O)(=O)N/N=C(\CO)c1ccccc1. The van der Waals surface area contributed by atoms with Crippen LogP contribution in [-0.2, 0) is 10.0 Å². The van der Waals surface area contributed by atoms with E-state index in [2.05, 4.69) is 9.93 Å². The maximum Gasteiger partial charge on any atom is 0.247 e. The van der Waals surface area contributed by atoms with Crippen LogP contribution in [0.2, 0.25) is 0 Å². The van der Waals surface area contributed by atoms with Crippen molar-refractivity contribution in [2.75, 3.05) is 12.4 Å². The Morgan fingerprint density at radius 1 is 1.38 bits per heavy atom. The maximum atomic E-state index is 11.2. The number of aliphatic hydroxyl groups is 1. The van der Waals surface area contributed by atoms with Gasteiger partial charge in [-0.05, 0) is 6.92 Å². The lowest BCUT2D eigenvalue weighted by atomic mass is 10.1. The second kappa shape index (κ2) is 5.62. The van der Waals surface area contributed by atoms with E-state index in [0.29, 0.717) is 5.56 Å². The lowest BCUT2D eigenvalue weighted by Crippen LogP contribution is -2.23. The molecule has 1 aromatic rings. The van der Waals surface area contributed by atoms with E-state index in [9.17, 15) is 8.42 Å². The van der Waals surface area contributed by atoms with Crippen LogP contribution in [0.1, 0.15) is 12.5 Å². The normalized spacial score (nSPS) is 12.5. The maximum absolute atomic E-state index is 11.2. The predicted molar refractivity (Wildman–Crippen MR) is 62.7 cm³/mol. The van der Waals surface area contributed by atoms with Gasteiger partial charge in [-0.15, -0.1) is 0 Å². The number of aliphatic hydroxyl groups excluding tert-OH is 1. The molecule has 0 aliphatic carbocycles. The molecule has 6 heteroatoms. The van der Waals surface area contributed by atoms with E-state index >= 15 is 0 Å². The van der Waals surface area contributed by atoms with Crippen molar-refractivity contribution < 1.29 is 13.5 Å². The molecular weight excluding hydrogens is 228 g/mol. The average molecular weight is 242 g/mol. The summed E-state index contributed by atoms with van der Waals surface area (Å²) in [7, 11) is -3.38. The van der Waals surface area contributed by atoms with Crippen molar-refractivity contribution in [3.63, 3.8) is 0 Å². The molecule has 0 bridgehead atoms. The Bertz CT molecular complexity index is 454. The first-order valence-electron chi connectivity index (χ1n) is 4.81. The van der Waals surface area contributed by atoms with Gasteiger partial charge in [-0.1, -0.05) is 30.3 Å². The average Bonchev–Trinajstić information content (AvgIpc) is 2.31. The van der Waals surface area contributed by atoms with Gasteiger partial charge in [-0.3, -0.25) is 0 Å². The van der Waals surface area contributed by atoms with Gasteiger partial charge < -0.3 is 5.11 Å². The lowest BCUT2D eigenvalue weighted by Gasteiger charge is -2.04. The fourth-order valence-corrected chi connectivity index (χ4v) is 1.39. The van der Waals surface area contributed by atoms with Gasteiger partial charge in [0.25, 0.3) is 0 Å². The van der Waals surface area contributed by atoms with Gasteiger partial charge in [0, 0.05) is 5.56 Å². The van der Waals surface area contributed by atoms with Crippen LogP contribution in [0.5, 0.6) is 0 Å². The Labute approximate surface area is 94.9 Å². The van der Waals surface area contributed by atoms with Crippen molar-refractivity contribution >= 4 is 15.7 Å². The zero-order chi connectivity index (χ0) is 12.0. The molecule has 0 atom stereocenters. The standard InChI is InChI=1S/C10H14N2O3S/c1-2-16(14,15)12-11-10(8-13)9-6-4-3-5-7-9/h3-7,12-13H,2,8H2,1H3/b11-10+. The van der Waals surface area contributed by atoms with Crippen molar-refractivity contribution in [1.29, 1.82) is 0 Å². The van der Waals surface area contributed by atoms with Crippen LogP contribution in [0.4, 0.5) is 0 Å². The van der Waals surface area contributed by atoms with Crippen LogP contribution in [0, 0.1) is 0 Å². The van der Waals surface area contributed by atoms with E-state index < -0.39 is 10.0 Å². The number of benzene rings is 1. The molecule has 0 aliphatic rings. The summed E-state index contributed by atoms with van der Waals surface area (Å²) in [6.07, 6.45) is 0. The summed E-state index contributed by atoms with van der Waals surface area (Å²) in [6.45, 7) is 1.19. The van der Waals surface area contributed by atoms with Gasteiger partial charge in [-0.25, -0.2) is 13.2 Å². The van der Waals surface area contributed by atoms with Crippen molar-refractivity contribution in [3.8, 4) is 0 Å². The molecule has 0 saturated carbocycles. The van der Waals surface area contributed by atoms with Crippen LogP contribution >= 0.6 is 0 Å². The minimum Gasteiger partial charge on any atom is -0.390 e. The molecule has 1 rings (SSSR count). The Kier molecular flexibility index (Phi) is 4.45. The van der Waals surface area contributed by atoms with Crippen molar-refractivity contribution in [2.24, 2.45) is 5.10 Å². The Morgan fingerprint density at radius 3 is 2.50 bits per heavy atom. The first-order chi connectivity index (χ1) is 7.59. The molecular formula is C10H14N2O3S. The molecule has 88 valence electrons. The fourth-order valence-electron chi connectivity index (χ4n) is 1.01. The van der Waals surface area contributed by atoms with Crippen LogP contribution in [0.3, 0.4) is 0 Å². The molecule has 5 nitrogen and oxygen atoms in total. The molecule has 0 heterocycles. The molecule has 0 unspecified atom stereocenters. The van der Waals surface area contributed by atoms with E-state index in [0.717, 1.165) is 0 Å². The second-order valence-corrected chi connectivity index (χ2v) is 5.07. The van der Waals surface area contributed by atoms with Crippen molar-refractivity contribution in [2.45, 2.75) is 6.92 Å². The molecule has 0 saturated heterocycles. The molecule has 0 radical (unpaired) electrons. The number of nitrogens with zero attached hydrogens (tertiary/aromatic N) is 1. The van der Waals surface area contributed by atoms with E-state index in [1.807, 2.05) is 6.07 Å². The molecule has 0 aliphatic heterocycles. The first kappa shape index (κ1) is 12.7. The number of sulfonamides is 1. The summed E-state index contributed by atoms with van der Waals surface area (Å²) in [5.74, 6) is -0.0516. The van der Waals surface area contributed by atoms with Crippen molar-refractivity contribution in [1.82, 2.24) is 4.83 Å². The summed E-state index contributed by atoms with van der Waals surface area (Å²) >= 11 is 0. The van der Waals surface area contributed by atoms with E-state index in [1.165, 1.54) is 6.92 Å². The summed E-state index contributed by atoms with van der Waals surface area (Å²) in [6, 6.07) is 8.89. The highest BCUT2D eigenvalue weighted by atomic mass is 32.2. The van der Waals surface area contributed by atoms with Crippen molar-refractivity contribution in [3.05, 3.63) is 35.9 Å². The summed E-state index contributed by atoms with van der Waals surface area (Å²) in [4.78, 5) is 2.06. The molecule has 2 N–H and O–H groups in total. The molecule has 16 heavy (non-hydrogen) atoms. The highest BCUT2D eigenvalue weighted by Gasteiger charge is 2.06. The van der Waals surface area contributed by atoms with Crippen LogP contribution in [-0.4, -0.2) is 31.6 Å². The third kappa shape index (κ3) is 3.63. The second-order valence-electron chi connectivity index (χ2n) is 3.08. The smallest absolute Gasteiger partial charge is 0.247 e. The number of hydrogen-bond acceptors (Lipinski definition) is 4. The number of hydrogen-bond donors (Lipinski definition) is 2. The minimum atomic E-state index is -3.38. The number of hydrazone groups is 1. The highest BCUT2D eigenvalue weighted by molar-refractivity contribution is 7.89. The summed E-state index contributed by atoms with van der Waals surface area (Å²) in [5, 5.41) is 12.8. The third-order valence-electron chi connectivity index (χ3n) is 1.96. The summed E-state index contributed by atoms with van der Waals surface area (Å²) < 4.78 is 22.3. The fraction of sp³-hybridized carbons (Fsp3) is 0.300. The topological polar surface area (TPSA) is 78.8 Å². The lowest BCUT2D eigenvalue weighted by molar-refractivity contribution is 0.357. The summed E-state index contributed by atoms with van der Waals surface area (Å²) in [5.41, 5.74) is 0.974. The Morgan fingerprint density at radius 2 is 2.00 bits per heavy atom. The van der Waals surface area contributed by atoms with Gasteiger partial charge in [0.2, 0.25) is 10.0 Å². The van der Waals surface area contributed by atoms with Gasteiger partial charge in [0.05, 0.1) is 18.1 Å². The zero-order valence-corrected chi connectivity index (χ0v) is 9.74. The minimum absolute atomic E-state index is 0.0516. The van der Waals surface area contributed by atoms with Gasteiger partial charge in [0.15, 0.2) is 0 Å². The molecule has 0 fully saturated rings. The first-order valence-corrected chi connectivity index (χ1v) is 6.46. The molecule has 0 aromatic heterocycles.